The molecule has 0 bridgehead atoms. The Morgan fingerprint density at radius 3 is 2.67 bits per heavy atom. The van der Waals surface area contributed by atoms with Gasteiger partial charge in [-0.1, -0.05) is 12.1 Å². The molecular weight excluding hydrogens is 305 g/mol. The Hall–Kier alpha value is -1.27. The van der Waals surface area contributed by atoms with Gasteiger partial charge in [0, 0.05) is 6.54 Å². The third-order valence-corrected chi connectivity index (χ3v) is 3.43. The lowest BCUT2D eigenvalue weighted by atomic mass is 9.99. The molecule has 1 atom stereocenters. The fourth-order valence-electron chi connectivity index (χ4n) is 2.36. The lowest BCUT2D eigenvalue weighted by Crippen LogP contribution is -2.38. The van der Waals surface area contributed by atoms with Crippen molar-refractivity contribution in [3.63, 3.8) is 0 Å². The summed E-state index contributed by atoms with van der Waals surface area (Å²) in [5.41, 5.74) is -1.21. The molecule has 1 aromatic carbocycles. The Balaban J connectivity index is 0.00000220. The molecule has 0 aromatic heterocycles. The molecule has 7 heteroatoms. The number of alkyl halides is 3. The first kappa shape index (κ1) is 17.8. The maximum atomic E-state index is 12.8. The van der Waals surface area contributed by atoms with Crippen molar-refractivity contribution in [1.29, 1.82) is 0 Å². The fourth-order valence-corrected chi connectivity index (χ4v) is 2.36. The largest absolute Gasteiger partial charge is 0.417 e. The van der Waals surface area contributed by atoms with Gasteiger partial charge < -0.3 is 10.6 Å². The normalized spacial score (nSPS) is 18.7. The van der Waals surface area contributed by atoms with Gasteiger partial charge in [-0.15, -0.1) is 12.4 Å². The number of carbonyl (C=O) groups excluding carboxylic acids is 1. The molecule has 1 amide bonds. The van der Waals surface area contributed by atoms with Crippen LogP contribution in [0.1, 0.15) is 28.8 Å². The van der Waals surface area contributed by atoms with Crippen LogP contribution < -0.4 is 10.6 Å². The fraction of sp³-hybridized carbons (Fsp3) is 0.500. The minimum Gasteiger partial charge on any atom is -0.352 e. The van der Waals surface area contributed by atoms with Crippen LogP contribution in [0.2, 0.25) is 0 Å². The molecule has 1 fully saturated rings. The van der Waals surface area contributed by atoms with Gasteiger partial charge in [0.25, 0.3) is 5.91 Å². The molecule has 0 radical (unpaired) electrons. The van der Waals surface area contributed by atoms with Crippen LogP contribution in [0, 0.1) is 5.92 Å². The molecule has 1 aromatic rings. The first-order valence-corrected chi connectivity index (χ1v) is 6.63. The predicted octanol–water partition coefficient (Wildman–Crippen LogP) is 2.86. The summed E-state index contributed by atoms with van der Waals surface area (Å²) < 4.78 is 38.4. The lowest BCUT2D eigenvalue weighted by Gasteiger charge is -2.23. The number of hydrogen-bond acceptors (Lipinski definition) is 2. The van der Waals surface area contributed by atoms with Crippen LogP contribution in [0.3, 0.4) is 0 Å². The third-order valence-electron chi connectivity index (χ3n) is 3.43. The molecule has 3 nitrogen and oxygen atoms in total. The third kappa shape index (κ3) is 4.89. The van der Waals surface area contributed by atoms with Crippen LogP contribution in [0.15, 0.2) is 24.3 Å². The Labute approximate surface area is 127 Å². The first-order valence-electron chi connectivity index (χ1n) is 6.63. The molecule has 118 valence electrons. The summed E-state index contributed by atoms with van der Waals surface area (Å²) in [6.07, 6.45) is -2.51. The highest BCUT2D eigenvalue weighted by molar-refractivity contribution is 5.95. The molecular formula is C14H18ClF3N2O. The average Bonchev–Trinajstić information content (AvgIpc) is 2.45. The van der Waals surface area contributed by atoms with Crippen molar-refractivity contribution in [2.75, 3.05) is 19.6 Å². The molecule has 2 N–H and O–H groups in total. The monoisotopic (exact) mass is 322 g/mol. The van der Waals surface area contributed by atoms with E-state index in [1.807, 2.05) is 0 Å². The van der Waals surface area contributed by atoms with Crippen LogP contribution in [0.25, 0.3) is 0 Å². The highest BCUT2D eigenvalue weighted by Gasteiger charge is 2.34. The van der Waals surface area contributed by atoms with E-state index >= 15 is 0 Å². The van der Waals surface area contributed by atoms with Crippen LogP contribution in [-0.2, 0) is 6.18 Å². The first-order chi connectivity index (χ1) is 9.48. The van der Waals surface area contributed by atoms with Crippen LogP contribution in [-0.4, -0.2) is 25.5 Å². The van der Waals surface area contributed by atoms with Crippen LogP contribution >= 0.6 is 12.4 Å². The van der Waals surface area contributed by atoms with E-state index in [2.05, 4.69) is 10.6 Å². The molecule has 1 saturated heterocycles. The number of amides is 1. The molecule has 21 heavy (non-hydrogen) atoms. The second-order valence-corrected chi connectivity index (χ2v) is 4.97. The number of carbonyl (C=O) groups is 1. The van der Waals surface area contributed by atoms with Gasteiger partial charge in [0.1, 0.15) is 0 Å². The smallest absolute Gasteiger partial charge is 0.352 e. The van der Waals surface area contributed by atoms with E-state index in [1.165, 1.54) is 18.2 Å². The van der Waals surface area contributed by atoms with Gasteiger partial charge in [-0.05, 0) is 44.0 Å². The Morgan fingerprint density at radius 2 is 2.05 bits per heavy atom. The Kier molecular flexibility index (Phi) is 6.48. The van der Waals surface area contributed by atoms with E-state index in [0.717, 1.165) is 32.0 Å². The number of rotatable bonds is 3. The summed E-state index contributed by atoms with van der Waals surface area (Å²) in [5.74, 6) is -0.380. The Bertz CT molecular complexity index is 474. The number of nitrogens with one attached hydrogen (secondary N) is 2. The van der Waals surface area contributed by atoms with Crippen molar-refractivity contribution in [3.8, 4) is 0 Å². The van der Waals surface area contributed by atoms with Crippen LogP contribution in [0.5, 0.6) is 0 Å². The number of benzene rings is 1. The molecule has 0 saturated carbocycles. The van der Waals surface area contributed by atoms with Crippen molar-refractivity contribution in [1.82, 2.24) is 10.6 Å². The van der Waals surface area contributed by atoms with Gasteiger partial charge in [-0.25, -0.2) is 0 Å². The van der Waals surface area contributed by atoms with E-state index in [0.29, 0.717) is 6.54 Å². The van der Waals surface area contributed by atoms with Crippen molar-refractivity contribution in [2.24, 2.45) is 5.92 Å². The summed E-state index contributed by atoms with van der Waals surface area (Å²) in [5, 5.41) is 5.80. The summed E-state index contributed by atoms with van der Waals surface area (Å²) in [6.45, 7) is 2.15. The zero-order valence-electron chi connectivity index (χ0n) is 11.4. The topological polar surface area (TPSA) is 41.1 Å². The van der Waals surface area contributed by atoms with Gasteiger partial charge in [0.2, 0.25) is 0 Å². The van der Waals surface area contributed by atoms with Gasteiger partial charge in [-0.2, -0.15) is 13.2 Å². The summed E-state index contributed by atoms with van der Waals surface area (Å²) in [6, 6.07) is 4.85. The standard InChI is InChI=1S/C14H17F3N2O.ClH/c15-14(16,17)12-6-2-1-5-11(12)13(20)19-9-10-4-3-7-18-8-10;/h1-2,5-6,10,18H,3-4,7-9H2,(H,19,20);1H. The molecule has 1 heterocycles. The Morgan fingerprint density at radius 1 is 1.33 bits per heavy atom. The minimum absolute atomic E-state index is 0. The molecule has 0 aliphatic carbocycles. The van der Waals surface area contributed by atoms with E-state index in [-0.39, 0.29) is 23.9 Å². The minimum atomic E-state index is -4.51. The van der Waals surface area contributed by atoms with Gasteiger partial charge in [0.05, 0.1) is 11.1 Å². The zero-order valence-corrected chi connectivity index (χ0v) is 12.2. The predicted molar refractivity (Wildman–Crippen MR) is 76.6 cm³/mol. The van der Waals surface area contributed by atoms with Crippen molar-refractivity contribution >= 4 is 18.3 Å². The second kappa shape index (κ2) is 7.66. The quantitative estimate of drug-likeness (QED) is 0.898. The lowest BCUT2D eigenvalue weighted by molar-refractivity contribution is -0.137. The maximum absolute atomic E-state index is 12.8. The molecule has 1 unspecified atom stereocenters. The summed E-state index contributed by atoms with van der Waals surface area (Å²) >= 11 is 0. The zero-order chi connectivity index (χ0) is 14.6. The second-order valence-electron chi connectivity index (χ2n) is 4.97. The molecule has 0 spiro atoms. The van der Waals surface area contributed by atoms with E-state index in [4.69, 9.17) is 0 Å². The highest BCUT2D eigenvalue weighted by Crippen LogP contribution is 2.31. The van der Waals surface area contributed by atoms with Crippen molar-refractivity contribution < 1.29 is 18.0 Å². The average molecular weight is 323 g/mol. The molecule has 2 rings (SSSR count). The van der Waals surface area contributed by atoms with Crippen LogP contribution in [0.4, 0.5) is 13.2 Å². The van der Waals surface area contributed by atoms with E-state index in [9.17, 15) is 18.0 Å². The molecule has 1 aliphatic heterocycles. The SMILES string of the molecule is Cl.O=C(NCC1CCCNC1)c1ccccc1C(F)(F)F. The number of halogens is 4. The number of hydrogen-bond donors (Lipinski definition) is 2. The number of piperidine rings is 1. The maximum Gasteiger partial charge on any atom is 0.417 e. The van der Waals surface area contributed by atoms with Gasteiger partial charge >= 0.3 is 6.18 Å². The van der Waals surface area contributed by atoms with E-state index in [1.54, 1.807) is 0 Å². The summed E-state index contributed by atoms with van der Waals surface area (Å²) in [4.78, 5) is 11.9. The van der Waals surface area contributed by atoms with E-state index < -0.39 is 17.6 Å². The summed E-state index contributed by atoms with van der Waals surface area (Å²) in [7, 11) is 0. The van der Waals surface area contributed by atoms with Crippen molar-refractivity contribution in [3.05, 3.63) is 35.4 Å². The highest BCUT2D eigenvalue weighted by atomic mass is 35.5. The van der Waals surface area contributed by atoms with Gasteiger partial charge in [-0.3, -0.25) is 4.79 Å². The molecule has 1 aliphatic rings. The van der Waals surface area contributed by atoms with Gasteiger partial charge in [0.15, 0.2) is 0 Å². The van der Waals surface area contributed by atoms with Crippen molar-refractivity contribution in [2.45, 2.75) is 19.0 Å².